The number of ether oxygens (including phenoxy) is 1. The van der Waals surface area contributed by atoms with Crippen LogP contribution in [0.3, 0.4) is 0 Å². The van der Waals surface area contributed by atoms with Crippen LogP contribution < -0.4 is 5.73 Å². The van der Waals surface area contributed by atoms with Gasteiger partial charge in [0, 0.05) is 0 Å². The number of esters is 1. The predicted octanol–water partition coefficient (Wildman–Crippen LogP) is -0.944. The lowest BCUT2D eigenvalue weighted by Gasteiger charge is -2.03. The van der Waals surface area contributed by atoms with Crippen molar-refractivity contribution in [3.05, 3.63) is 0 Å². The molecule has 0 atom stereocenters. The van der Waals surface area contributed by atoms with Gasteiger partial charge in [-0.1, -0.05) is 0 Å². The Morgan fingerprint density at radius 2 is 2.08 bits per heavy atom. The molecule has 0 saturated carbocycles. The zero-order valence-corrected chi connectivity index (χ0v) is 7.37. The highest BCUT2D eigenvalue weighted by Gasteiger charge is 2.11. The van der Waals surface area contributed by atoms with E-state index >= 15 is 0 Å². The molecule has 0 aromatic heterocycles. The number of hydrogen-bond donors (Lipinski definition) is 3. The summed E-state index contributed by atoms with van der Waals surface area (Å²) < 4.78 is 14.8. The standard InChI is InChI=1S/C5H12NO5P/c6-4-5(7)11-2-1-3-12(8,9)10/h1-4,6H2,(H2,8,9,10). The molecule has 0 rings (SSSR count). The van der Waals surface area contributed by atoms with Crippen LogP contribution in [0.4, 0.5) is 0 Å². The van der Waals surface area contributed by atoms with Crippen LogP contribution in [0.1, 0.15) is 6.42 Å². The van der Waals surface area contributed by atoms with Gasteiger partial charge in [0.1, 0.15) is 0 Å². The van der Waals surface area contributed by atoms with Gasteiger partial charge in [-0.25, -0.2) is 0 Å². The Bertz CT molecular complexity index is 188. The summed E-state index contributed by atoms with van der Waals surface area (Å²) in [4.78, 5) is 27.2. The highest BCUT2D eigenvalue weighted by atomic mass is 31.2. The number of carbonyl (C=O) groups excluding carboxylic acids is 1. The molecule has 7 heteroatoms. The van der Waals surface area contributed by atoms with E-state index in [0.29, 0.717) is 0 Å². The van der Waals surface area contributed by atoms with Crippen molar-refractivity contribution in [2.45, 2.75) is 6.42 Å². The Morgan fingerprint density at radius 3 is 2.50 bits per heavy atom. The van der Waals surface area contributed by atoms with Gasteiger partial charge in [0.05, 0.1) is 19.3 Å². The second kappa shape index (κ2) is 5.27. The molecular formula is C5H12NO5P. The Kier molecular flexibility index (Phi) is 5.08. The summed E-state index contributed by atoms with van der Waals surface area (Å²) in [7, 11) is -3.96. The van der Waals surface area contributed by atoms with Crippen LogP contribution in [0.25, 0.3) is 0 Å². The molecule has 0 aromatic carbocycles. The maximum Gasteiger partial charge on any atom is 0.325 e. The molecule has 4 N–H and O–H groups in total. The van der Waals surface area contributed by atoms with E-state index in [1.54, 1.807) is 0 Å². The summed E-state index contributed by atoms with van der Waals surface area (Å²) in [5, 5.41) is 0. The highest BCUT2D eigenvalue weighted by molar-refractivity contribution is 7.51. The first-order valence-corrected chi connectivity index (χ1v) is 5.16. The fourth-order valence-electron chi connectivity index (χ4n) is 0.515. The van der Waals surface area contributed by atoms with E-state index < -0.39 is 13.6 Å². The largest absolute Gasteiger partial charge is 0.465 e. The van der Waals surface area contributed by atoms with E-state index in [0.717, 1.165) is 0 Å². The van der Waals surface area contributed by atoms with Crippen LogP contribution in [0.5, 0.6) is 0 Å². The maximum atomic E-state index is 10.4. The van der Waals surface area contributed by atoms with Gasteiger partial charge in [-0.3, -0.25) is 9.36 Å². The van der Waals surface area contributed by atoms with Gasteiger partial charge in [-0.2, -0.15) is 0 Å². The number of nitrogens with two attached hydrogens (primary N) is 1. The second-order valence-electron chi connectivity index (χ2n) is 2.17. The van der Waals surface area contributed by atoms with E-state index in [2.05, 4.69) is 4.74 Å². The van der Waals surface area contributed by atoms with E-state index in [-0.39, 0.29) is 25.7 Å². The van der Waals surface area contributed by atoms with Crippen molar-refractivity contribution in [3.8, 4) is 0 Å². The van der Waals surface area contributed by atoms with Gasteiger partial charge in [-0.05, 0) is 6.42 Å². The SMILES string of the molecule is NCC(=O)OCCCP(=O)(O)O. The number of hydrogen-bond acceptors (Lipinski definition) is 4. The van der Waals surface area contributed by atoms with Crippen LogP contribution in [-0.4, -0.2) is 35.1 Å². The van der Waals surface area contributed by atoms with Gasteiger partial charge in [0.2, 0.25) is 0 Å². The molecule has 0 amide bonds. The van der Waals surface area contributed by atoms with Crippen molar-refractivity contribution in [2.24, 2.45) is 5.73 Å². The van der Waals surface area contributed by atoms with Crippen LogP contribution >= 0.6 is 7.60 Å². The van der Waals surface area contributed by atoms with Gasteiger partial charge < -0.3 is 20.3 Å². The molecule has 0 aromatic rings. The van der Waals surface area contributed by atoms with E-state index in [1.165, 1.54) is 0 Å². The molecule has 0 heterocycles. The van der Waals surface area contributed by atoms with Gasteiger partial charge in [-0.15, -0.1) is 0 Å². The first-order valence-electron chi connectivity index (χ1n) is 3.36. The van der Waals surface area contributed by atoms with Gasteiger partial charge >= 0.3 is 13.6 Å². The van der Waals surface area contributed by atoms with Gasteiger partial charge in [0.25, 0.3) is 0 Å². The Balaban J connectivity index is 3.34. The molecule has 0 unspecified atom stereocenters. The quantitative estimate of drug-likeness (QED) is 0.298. The molecule has 72 valence electrons. The zero-order chi connectivity index (χ0) is 9.61. The van der Waals surface area contributed by atoms with Crippen molar-refractivity contribution in [2.75, 3.05) is 19.3 Å². The van der Waals surface area contributed by atoms with Crippen molar-refractivity contribution in [3.63, 3.8) is 0 Å². The molecule has 0 aliphatic carbocycles. The van der Waals surface area contributed by atoms with Crippen molar-refractivity contribution in [1.82, 2.24) is 0 Å². The minimum Gasteiger partial charge on any atom is -0.465 e. The third-order valence-corrected chi connectivity index (χ3v) is 1.92. The first-order chi connectivity index (χ1) is 5.45. The predicted molar refractivity (Wildman–Crippen MR) is 41.5 cm³/mol. The topological polar surface area (TPSA) is 110 Å². The summed E-state index contributed by atoms with van der Waals surface area (Å²) >= 11 is 0. The van der Waals surface area contributed by atoms with E-state index in [1.807, 2.05) is 0 Å². The zero-order valence-electron chi connectivity index (χ0n) is 6.47. The molecule has 0 aliphatic heterocycles. The molecule has 0 fully saturated rings. The molecule has 0 aliphatic rings. The summed E-state index contributed by atoms with van der Waals surface area (Å²) in [5.74, 6) is -0.569. The highest BCUT2D eigenvalue weighted by Crippen LogP contribution is 2.34. The molecule has 0 radical (unpaired) electrons. The second-order valence-corrected chi connectivity index (χ2v) is 3.94. The molecule has 0 saturated heterocycles. The van der Waals surface area contributed by atoms with Crippen molar-refractivity contribution < 1.29 is 23.9 Å². The van der Waals surface area contributed by atoms with Gasteiger partial charge in [0.15, 0.2) is 0 Å². The minimum atomic E-state index is -3.96. The van der Waals surface area contributed by atoms with E-state index in [9.17, 15) is 9.36 Å². The van der Waals surface area contributed by atoms with E-state index in [4.69, 9.17) is 15.5 Å². The third kappa shape index (κ3) is 7.68. The van der Waals surface area contributed by atoms with Crippen LogP contribution in [0.15, 0.2) is 0 Å². The fraction of sp³-hybridized carbons (Fsp3) is 0.800. The summed E-state index contributed by atoms with van der Waals surface area (Å²) in [6.45, 7) is -0.211. The van der Waals surface area contributed by atoms with Crippen LogP contribution in [-0.2, 0) is 14.1 Å². The Morgan fingerprint density at radius 1 is 1.50 bits per heavy atom. The molecule has 6 nitrogen and oxygen atoms in total. The molecular weight excluding hydrogens is 185 g/mol. The van der Waals surface area contributed by atoms with Crippen molar-refractivity contribution in [1.29, 1.82) is 0 Å². The number of rotatable bonds is 5. The Labute approximate surface area is 69.9 Å². The smallest absolute Gasteiger partial charge is 0.325 e. The van der Waals surface area contributed by atoms with Crippen LogP contribution in [0.2, 0.25) is 0 Å². The Hall–Kier alpha value is -0.420. The number of carbonyl (C=O) groups is 1. The molecule has 12 heavy (non-hydrogen) atoms. The molecule has 0 bridgehead atoms. The first kappa shape index (κ1) is 11.6. The van der Waals surface area contributed by atoms with Crippen molar-refractivity contribution >= 4 is 13.6 Å². The average Bonchev–Trinajstić information content (AvgIpc) is 1.96. The lowest BCUT2D eigenvalue weighted by Crippen LogP contribution is -2.17. The summed E-state index contributed by atoms with van der Waals surface area (Å²) in [5.41, 5.74) is 4.91. The fourth-order valence-corrected chi connectivity index (χ4v) is 1.06. The van der Waals surface area contributed by atoms with Crippen LogP contribution in [0, 0.1) is 0 Å². The maximum absolute atomic E-state index is 10.4. The normalized spacial score (nSPS) is 11.2. The summed E-state index contributed by atoms with van der Waals surface area (Å²) in [6, 6.07) is 0. The third-order valence-electron chi connectivity index (χ3n) is 1.02. The summed E-state index contributed by atoms with van der Waals surface area (Å²) in [6.07, 6.45) is -0.124. The molecule has 0 spiro atoms. The lowest BCUT2D eigenvalue weighted by atomic mass is 10.5. The lowest BCUT2D eigenvalue weighted by molar-refractivity contribution is -0.141. The minimum absolute atomic E-state index is 0.00113. The average molecular weight is 197 g/mol. The monoisotopic (exact) mass is 197 g/mol.